The molecule has 0 amide bonds. The predicted molar refractivity (Wildman–Crippen MR) is 50.8 cm³/mol. The van der Waals surface area contributed by atoms with Gasteiger partial charge >= 0.3 is 0 Å². The van der Waals surface area contributed by atoms with Crippen molar-refractivity contribution in [1.29, 1.82) is 0 Å². The Balaban J connectivity index is 2.80. The molecule has 6 heteroatoms. The Hall–Kier alpha value is -1.52. The van der Waals surface area contributed by atoms with E-state index in [1.807, 2.05) is 0 Å². The third kappa shape index (κ3) is 3.27. The van der Waals surface area contributed by atoms with E-state index in [1.165, 1.54) is 6.07 Å². The van der Waals surface area contributed by atoms with Crippen LogP contribution in [0.1, 0.15) is 5.56 Å². The minimum absolute atomic E-state index is 0.318. The Kier molecular flexibility index (Phi) is 4.15. The molecule has 0 aliphatic rings. The molecule has 0 aliphatic heterocycles. The fourth-order valence-corrected chi connectivity index (χ4v) is 1.30. The van der Waals surface area contributed by atoms with Gasteiger partial charge in [-0.3, -0.25) is 4.79 Å². The van der Waals surface area contributed by atoms with Crippen molar-refractivity contribution in [2.75, 3.05) is 0 Å². The van der Waals surface area contributed by atoms with Crippen molar-refractivity contribution in [2.45, 2.75) is 6.42 Å². The third-order valence-electron chi connectivity index (χ3n) is 1.57. The first-order valence-corrected chi connectivity index (χ1v) is 4.62. The average Bonchev–Trinajstić information content (AvgIpc) is 2.21. The second kappa shape index (κ2) is 5.38. The van der Waals surface area contributed by atoms with Crippen LogP contribution in [0.25, 0.3) is 0 Å². The SMILES string of the molecule is O=C=NSC(=O)Cc1c(F)cccc1F. The summed E-state index contributed by atoms with van der Waals surface area (Å²) < 4.78 is 29.0. The molecule has 15 heavy (non-hydrogen) atoms. The Morgan fingerprint density at radius 1 is 1.40 bits per heavy atom. The zero-order chi connectivity index (χ0) is 11.3. The lowest BCUT2D eigenvalue weighted by Gasteiger charge is -2.01. The van der Waals surface area contributed by atoms with Gasteiger partial charge in [-0.2, -0.15) is 0 Å². The smallest absolute Gasteiger partial charge is 0.247 e. The fraction of sp³-hybridized carbons (Fsp3) is 0.111. The Bertz CT molecular complexity index is 410. The first-order chi connectivity index (χ1) is 7.15. The van der Waals surface area contributed by atoms with Crippen molar-refractivity contribution in [3.63, 3.8) is 0 Å². The van der Waals surface area contributed by atoms with E-state index in [0.717, 1.165) is 18.2 Å². The number of rotatable bonds is 3. The van der Waals surface area contributed by atoms with Crippen LogP contribution in [0.4, 0.5) is 8.78 Å². The summed E-state index contributed by atoms with van der Waals surface area (Å²) in [5.41, 5.74) is -0.323. The Morgan fingerprint density at radius 3 is 2.53 bits per heavy atom. The van der Waals surface area contributed by atoms with Crippen molar-refractivity contribution >= 4 is 23.1 Å². The van der Waals surface area contributed by atoms with Gasteiger partial charge in [-0.05, 0) is 12.1 Å². The van der Waals surface area contributed by atoms with E-state index in [4.69, 9.17) is 0 Å². The highest BCUT2D eigenvalue weighted by Gasteiger charge is 2.13. The van der Waals surface area contributed by atoms with Gasteiger partial charge < -0.3 is 0 Å². The van der Waals surface area contributed by atoms with Gasteiger partial charge in [0.2, 0.25) is 11.2 Å². The highest BCUT2D eigenvalue weighted by atomic mass is 32.2. The van der Waals surface area contributed by atoms with Crippen molar-refractivity contribution in [3.05, 3.63) is 35.4 Å². The lowest BCUT2D eigenvalue weighted by molar-refractivity contribution is -0.110. The summed E-state index contributed by atoms with van der Waals surface area (Å²) in [6.07, 6.45) is 0.693. The minimum atomic E-state index is -0.793. The summed E-state index contributed by atoms with van der Waals surface area (Å²) in [6.45, 7) is 0. The second-order valence-corrected chi connectivity index (χ2v) is 3.34. The highest BCUT2D eigenvalue weighted by molar-refractivity contribution is 8.12. The molecule has 0 unspecified atom stereocenters. The molecule has 3 nitrogen and oxygen atoms in total. The molecule has 0 fully saturated rings. The summed E-state index contributed by atoms with van der Waals surface area (Å²) in [4.78, 5) is 20.7. The second-order valence-electron chi connectivity index (χ2n) is 2.52. The Morgan fingerprint density at radius 2 is 2.00 bits per heavy atom. The summed E-state index contributed by atoms with van der Waals surface area (Å²) >= 11 is 0.318. The zero-order valence-electron chi connectivity index (χ0n) is 7.37. The standard InChI is InChI=1S/C9H5F2NO2S/c10-7-2-1-3-8(11)6(7)4-9(14)15-12-5-13/h1-3H,4H2. The molecular weight excluding hydrogens is 224 g/mol. The summed E-state index contributed by atoms with van der Waals surface area (Å²) in [6, 6.07) is 3.31. The van der Waals surface area contributed by atoms with Crippen molar-refractivity contribution < 1.29 is 18.4 Å². The average molecular weight is 229 g/mol. The molecule has 0 saturated heterocycles. The maximum absolute atomic E-state index is 13.0. The van der Waals surface area contributed by atoms with E-state index >= 15 is 0 Å². The molecule has 0 heterocycles. The zero-order valence-corrected chi connectivity index (χ0v) is 8.18. The molecule has 0 N–H and O–H groups in total. The minimum Gasteiger partial charge on any atom is -0.285 e. The largest absolute Gasteiger partial charge is 0.285 e. The number of carbonyl (C=O) groups excluding carboxylic acids is 2. The van der Waals surface area contributed by atoms with Crippen molar-refractivity contribution in [1.82, 2.24) is 0 Å². The van der Waals surface area contributed by atoms with Crippen molar-refractivity contribution in [3.8, 4) is 0 Å². The molecule has 0 radical (unpaired) electrons. The topological polar surface area (TPSA) is 46.5 Å². The van der Waals surface area contributed by atoms with E-state index in [9.17, 15) is 18.4 Å². The van der Waals surface area contributed by atoms with E-state index < -0.39 is 23.2 Å². The molecule has 1 rings (SSSR count). The summed E-state index contributed by atoms with van der Waals surface area (Å²) in [5, 5.41) is -0.623. The lowest BCUT2D eigenvalue weighted by Crippen LogP contribution is -2.02. The van der Waals surface area contributed by atoms with E-state index in [-0.39, 0.29) is 5.56 Å². The van der Waals surface area contributed by atoms with Crippen LogP contribution in [0.15, 0.2) is 22.6 Å². The van der Waals surface area contributed by atoms with Gasteiger partial charge in [0.25, 0.3) is 0 Å². The number of nitrogens with zero attached hydrogens (tertiary/aromatic N) is 1. The van der Waals surface area contributed by atoms with Gasteiger partial charge in [0.1, 0.15) is 11.6 Å². The van der Waals surface area contributed by atoms with E-state index in [1.54, 1.807) is 0 Å². The quantitative estimate of drug-likeness (QED) is 0.452. The maximum Gasteiger partial charge on any atom is 0.247 e. The fourth-order valence-electron chi connectivity index (χ4n) is 0.947. The summed E-state index contributed by atoms with van der Waals surface area (Å²) in [7, 11) is 0. The van der Waals surface area contributed by atoms with Crippen LogP contribution in [-0.4, -0.2) is 11.2 Å². The molecule has 0 aliphatic carbocycles. The van der Waals surface area contributed by atoms with Crippen LogP contribution in [-0.2, 0) is 16.0 Å². The number of hydrogen-bond acceptors (Lipinski definition) is 4. The predicted octanol–water partition coefficient (Wildman–Crippen LogP) is 2.02. The Labute approximate surface area is 88.3 Å². The maximum atomic E-state index is 13.0. The lowest BCUT2D eigenvalue weighted by atomic mass is 10.1. The van der Waals surface area contributed by atoms with Gasteiger partial charge in [-0.25, -0.2) is 13.6 Å². The van der Waals surface area contributed by atoms with Gasteiger partial charge in [-0.15, -0.1) is 4.40 Å². The highest BCUT2D eigenvalue weighted by Crippen LogP contribution is 2.16. The van der Waals surface area contributed by atoms with Crippen LogP contribution >= 0.6 is 11.9 Å². The number of benzene rings is 1. The van der Waals surface area contributed by atoms with Gasteiger partial charge in [-0.1, -0.05) is 6.07 Å². The number of halogens is 2. The van der Waals surface area contributed by atoms with Gasteiger partial charge in [0.15, 0.2) is 0 Å². The first-order valence-electron chi connectivity index (χ1n) is 3.85. The van der Waals surface area contributed by atoms with Crippen LogP contribution in [0.5, 0.6) is 0 Å². The number of carbonyl (C=O) groups is 1. The molecule has 0 bridgehead atoms. The molecule has 1 aromatic rings. The number of isocyanates is 1. The molecule has 78 valence electrons. The van der Waals surface area contributed by atoms with Gasteiger partial charge in [0, 0.05) is 12.0 Å². The van der Waals surface area contributed by atoms with Gasteiger partial charge in [0.05, 0.1) is 11.9 Å². The van der Waals surface area contributed by atoms with E-state index in [2.05, 4.69) is 4.40 Å². The molecule has 0 spiro atoms. The monoisotopic (exact) mass is 229 g/mol. The van der Waals surface area contributed by atoms with E-state index in [0.29, 0.717) is 11.9 Å². The first kappa shape index (κ1) is 11.6. The van der Waals surface area contributed by atoms with Crippen LogP contribution in [0.3, 0.4) is 0 Å². The van der Waals surface area contributed by atoms with Crippen LogP contribution < -0.4 is 0 Å². The molecule has 0 atom stereocenters. The summed E-state index contributed by atoms with van der Waals surface area (Å²) in [5.74, 6) is -1.59. The van der Waals surface area contributed by atoms with Crippen LogP contribution in [0.2, 0.25) is 0 Å². The molecular formula is C9H5F2NO2S. The molecule has 1 aromatic carbocycles. The molecule has 0 aromatic heterocycles. The normalized spacial score (nSPS) is 9.47. The van der Waals surface area contributed by atoms with Crippen molar-refractivity contribution in [2.24, 2.45) is 4.40 Å². The number of hydrogen-bond donors (Lipinski definition) is 0. The molecule has 0 saturated carbocycles. The van der Waals surface area contributed by atoms with Crippen LogP contribution in [0, 0.1) is 11.6 Å². The third-order valence-corrected chi connectivity index (χ3v) is 2.08.